The first-order valence-corrected chi connectivity index (χ1v) is 11.6. The van der Waals surface area contributed by atoms with Gasteiger partial charge in [0.15, 0.2) is 0 Å². The van der Waals surface area contributed by atoms with Crippen molar-refractivity contribution in [2.24, 2.45) is 0 Å². The van der Waals surface area contributed by atoms with Crippen molar-refractivity contribution in [3.05, 3.63) is 76.0 Å². The number of hydrogen-bond donors (Lipinski definition) is 4. The Kier molecular flexibility index (Phi) is 8.85. The maximum absolute atomic E-state index is 14.7. The lowest BCUT2D eigenvalue weighted by Gasteiger charge is -2.17. The van der Waals surface area contributed by atoms with E-state index in [-0.39, 0.29) is 35.9 Å². The first-order chi connectivity index (χ1) is 16.8. The number of halogens is 1. The summed E-state index contributed by atoms with van der Waals surface area (Å²) in [5, 5.41) is 17.0. The lowest BCUT2D eigenvalue weighted by molar-refractivity contribution is -0.142. The number of phenolic OH excluding ortho intramolecular Hbond substituents is 1. The van der Waals surface area contributed by atoms with Gasteiger partial charge in [-0.2, -0.15) is 0 Å². The molecule has 0 spiro atoms. The van der Waals surface area contributed by atoms with Gasteiger partial charge in [0, 0.05) is 24.4 Å². The number of esters is 1. The maximum atomic E-state index is 14.7. The molecule has 11 heteroatoms. The molecule has 0 aromatic heterocycles. The summed E-state index contributed by atoms with van der Waals surface area (Å²) >= 11 is 1.39. The minimum Gasteiger partial charge on any atom is -0.508 e. The third kappa shape index (κ3) is 7.06. The number of benzene rings is 2. The van der Waals surface area contributed by atoms with Gasteiger partial charge in [0.1, 0.15) is 17.6 Å². The predicted octanol–water partition coefficient (Wildman–Crippen LogP) is 1.87. The van der Waals surface area contributed by atoms with Gasteiger partial charge in [0.05, 0.1) is 17.6 Å². The largest absolute Gasteiger partial charge is 0.508 e. The Labute approximate surface area is 205 Å². The van der Waals surface area contributed by atoms with Gasteiger partial charge in [0.25, 0.3) is 17.7 Å². The summed E-state index contributed by atoms with van der Waals surface area (Å²) in [6, 6.07) is 8.38. The molecule has 1 atom stereocenters. The van der Waals surface area contributed by atoms with Crippen molar-refractivity contribution in [2.45, 2.75) is 19.0 Å². The van der Waals surface area contributed by atoms with Crippen molar-refractivity contribution >= 4 is 35.5 Å². The summed E-state index contributed by atoms with van der Waals surface area (Å²) in [7, 11) is 1.13. The number of aromatic hydroxyl groups is 1. The van der Waals surface area contributed by atoms with Crippen LogP contribution < -0.4 is 16.0 Å². The van der Waals surface area contributed by atoms with Crippen LogP contribution in [0, 0.1) is 5.82 Å². The minimum absolute atomic E-state index is 0.0154. The highest BCUT2D eigenvalue weighted by molar-refractivity contribution is 8.04. The molecular formula is C24H24FN3O6S. The zero-order valence-electron chi connectivity index (χ0n) is 18.8. The molecule has 1 heterocycles. The average Bonchev–Trinajstić information content (AvgIpc) is 3.39. The Morgan fingerprint density at radius 1 is 1.09 bits per heavy atom. The monoisotopic (exact) mass is 501 g/mol. The highest BCUT2D eigenvalue weighted by Gasteiger charge is 2.25. The van der Waals surface area contributed by atoms with E-state index in [2.05, 4.69) is 20.7 Å². The number of amides is 3. The topological polar surface area (TPSA) is 134 Å². The zero-order chi connectivity index (χ0) is 25.4. The molecule has 9 nitrogen and oxygen atoms in total. The van der Waals surface area contributed by atoms with E-state index in [0.717, 1.165) is 31.4 Å². The van der Waals surface area contributed by atoms with E-state index in [9.17, 15) is 28.7 Å². The molecule has 0 saturated heterocycles. The number of methoxy groups -OCH3 is 1. The lowest BCUT2D eigenvalue weighted by atomic mass is 10.1. The van der Waals surface area contributed by atoms with Crippen LogP contribution in [0.4, 0.5) is 4.39 Å². The standard InChI is InChI=1S/C24H24FN3O6S/c1-34-24(33)19(13-27-23(32)20-6-3-9-35-20)28-22(31)17-8-7-15(11-18(17)25)21(30)26-12-14-4-2-5-16(29)10-14/h2,4-8,10-11,19,29H,3,9,12-13H2,1H3,(H,26,30)(H,27,32)(H,28,31)/t19-/m0/s1. The summed E-state index contributed by atoms with van der Waals surface area (Å²) in [6.45, 7) is -0.134. The maximum Gasteiger partial charge on any atom is 0.330 e. The van der Waals surface area contributed by atoms with E-state index in [1.165, 1.54) is 30.0 Å². The highest BCUT2D eigenvalue weighted by Crippen LogP contribution is 2.24. The second-order valence-corrected chi connectivity index (χ2v) is 8.65. The fraction of sp³-hybridized carbons (Fsp3) is 0.250. The number of hydrogen-bond acceptors (Lipinski definition) is 7. The van der Waals surface area contributed by atoms with E-state index in [4.69, 9.17) is 0 Å². The van der Waals surface area contributed by atoms with Crippen molar-refractivity contribution in [3.63, 3.8) is 0 Å². The second-order valence-electron chi connectivity index (χ2n) is 7.51. The third-order valence-electron chi connectivity index (χ3n) is 5.03. The second kappa shape index (κ2) is 12.0. The third-order valence-corrected chi connectivity index (χ3v) is 6.13. The molecule has 0 aliphatic carbocycles. The average molecular weight is 502 g/mol. The Morgan fingerprint density at radius 3 is 2.54 bits per heavy atom. The minimum atomic E-state index is -1.24. The van der Waals surface area contributed by atoms with Crippen LogP contribution in [0.2, 0.25) is 0 Å². The van der Waals surface area contributed by atoms with Gasteiger partial charge in [-0.3, -0.25) is 14.4 Å². The Morgan fingerprint density at radius 2 is 1.89 bits per heavy atom. The van der Waals surface area contributed by atoms with Gasteiger partial charge >= 0.3 is 5.97 Å². The molecule has 0 bridgehead atoms. The van der Waals surface area contributed by atoms with Gasteiger partial charge in [-0.05, 0) is 42.3 Å². The van der Waals surface area contributed by atoms with Gasteiger partial charge in [-0.25, -0.2) is 9.18 Å². The first kappa shape index (κ1) is 25.8. The van der Waals surface area contributed by atoms with E-state index in [1.807, 2.05) is 0 Å². The number of ether oxygens (including phenoxy) is 1. The van der Waals surface area contributed by atoms with Gasteiger partial charge in [-0.15, -0.1) is 11.8 Å². The zero-order valence-corrected chi connectivity index (χ0v) is 19.6. The number of nitrogens with one attached hydrogen (secondary N) is 3. The highest BCUT2D eigenvalue weighted by atomic mass is 32.2. The smallest absolute Gasteiger partial charge is 0.330 e. The Balaban J connectivity index is 1.62. The van der Waals surface area contributed by atoms with Crippen LogP contribution in [0.15, 0.2) is 53.4 Å². The molecule has 3 amide bonds. The molecule has 1 aliphatic heterocycles. The van der Waals surface area contributed by atoms with Crippen LogP contribution in [-0.4, -0.2) is 54.2 Å². The number of rotatable bonds is 9. The van der Waals surface area contributed by atoms with Crippen molar-refractivity contribution in [1.82, 2.24) is 16.0 Å². The SMILES string of the molecule is COC(=O)[C@H](CNC(=O)C1=CCCS1)NC(=O)c1ccc(C(=O)NCc2cccc(O)c2)cc1F. The van der Waals surface area contributed by atoms with Crippen LogP contribution in [0.3, 0.4) is 0 Å². The van der Waals surface area contributed by atoms with E-state index in [0.29, 0.717) is 10.5 Å². The molecule has 4 N–H and O–H groups in total. The number of thioether (sulfide) groups is 1. The van der Waals surface area contributed by atoms with E-state index >= 15 is 0 Å². The van der Waals surface area contributed by atoms with Crippen LogP contribution in [0.1, 0.15) is 32.7 Å². The molecule has 3 rings (SSSR count). The molecule has 0 radical (unpaired) electrons. The molecule has 0 unspecified atom stereocenters. The number of phenols is 1. The van der Waals surface area contributed by atoms with Crippen LogP contribution in [-0.2, 0) is 20.9 Å². The van der Waals surface area contributed by atoms with Crippen LogP contribution in [0.25, 0.3) is 0 Å². The quantitative estimate of drug-likeness (QED) is 0.386. The normalized spacial score (nSPS) is 13.4. The van der Waals surface area contributed by atoms with Crippen molar-refractivity contribution in [1.29, 1.82) is 0 Å². The summed E-state index contributed by atoms with van der Waals surface area (Å²) in [5.74, 6) is -2.78. The summed E-state index contributed by atoms with van der Waals surface area (Å²) < 4.78 is 19.3. The lowest BCUT2D eigenvalue weighted by Crippen LogP contribution is -2.49. The van der Waals surface area contributed by atoms with Crippen molar-refractivity contribution in [2.75, 3.05) is 19.4 Å². The number of allylic oxidation sites excluding steroid dienone is 1. The number of carbonyl (C=O) groups excluding carboxylic acids is 4. The van der Waals surface area contributed by atoms with Crippen LogP contribution in [0.5, 0.6) is 5.75 Å². The number of carbonyl (C=O) groups is 4. The fourth-order valence-corrected chi connectivity index (χ4v) is 4.12. The fourth-order valence-electron chi connectivity index (χ4n) is 3.22. The van der Waals surface area contributed by atoms with Crippen molar-refractivity contribution in [3.8, 4) is 5.75 Å². The summed E-state index contributed by atoms with van der Waals surface area (Å²) in [6.07, 6.45) is 2.55. The van der Waals surface area contributed by atoms with Crippen LogP contribution >= 0.6 is 11.8 Å². The van der Waals surface area contributed by atoms with Gasteiger partial charge < -0.3 is 25.8 Å². The first-order valence-electron chi connectivity index (χ1n) is 10.6. The summed E-state index contributed by atoms with van der Waals surface area (Å²) in [5.41, 5.74) is 0.251. The molecule has 0 saturated carbocycles. The molecule has 2 aromatic rings. The van der Waals surface area contributed by atoms with Gasteiger partial charge in [0.2, 0.25) is 0 Å². The van der Waals surface area contributed by atoms with E-state index in [1.54, 1.807) is 18.2 Å². The molecule has 0 fully saturated rings. The molecular weight excluding hydrogens is 477 g/mol. The summed E-state index contributed by atoms with van der Waals surface area (Å²) in [4.78, 5) is 49.7. The van der Waals surface area contributed by atoms with Crippen molar-refractivity contribution < 1.29 is 33.4 Å². The predicted molar refractivity (Wildman–Crippen MR) is 127 cm³/mol. The van der Waals surface area contributed by atoms with Gasteiger partial charge in [-0.1, -0.05) is 18.2 Å². The Hall–Kier alpha value is -3.86. The van der Waals surface area contributed by atoms with E-state index < -0.39 is 29.6 Å². The molecule has 2 aromatic carbocycles. The molecule has 35 heavy (non-hydrogen) atoms. The molecule has 1 aliphatic rings. The molecule has 184 valence electrons. The Bertz CT molecular complexity index is 1170.